The summed E-state index contributed by atoms with van der Waals surface area (Å²) in [6.45, 7) is 4.10. The number of hydrogen-bond donors (Lipinski definition) is 2. The molecule has 2 N–H and O–H groups in total. The van der Waals surface area contributed by atoms with E-state index in [2.05, 4.69) is 48.2 Å². The van der Waals surface area contributed by atoms with Crippen LogP contribution in [0.3, 0.4) is 0 Å². The zero-order valence-electron chi connectivity index (χ0n) is 20.4. The molecule has 3 aromatic carbocycles. The number of allylic oxidation sites excluding steroid dienone is 3. The molecule has 0 radical (unpaired) electrons. The third-order valence-corrected chi connectivity index (χ3v) is 6.57. The molecule has 4 nitrogen and oxygen atoms in total. The highest BCUT2D eigenvalue weighted by Crippen LogP contribution is 2.24. The van der Waals surface area contributed by atoms with E-state index in [9.17, 15) is 10.2 Å². The quantitative estimate of drug-likeness (QED) is 0.361. The van der Waals surface area contributed by atoms with Crippen molar-refractivity contribution in [2.45, 2.75) is 51.5 Å². The Bertz CT molecular complexity index is 1110. The van der Waals surface area contributed by atoms with Crippen LogP contribution >= 0.6 is 0 Å². The third kappa shape index (κ3) is 7.57. The van der Waals surface area contributed by atoms with Crippen LogP contribution in [0, 0.1) is 0 Å². The van der Waals surface area contributed by atoms with Crippen molar-refractivity contribution in [1.82, 2.24) is 4.90 Å². The van der Waals surface area contributed by atoms with Crippen LogP contribution in [0.2, 0.25) is 0 Å². The zero-order chi connectivity index (χ0) is 24.5. The highest BCUT2D eigenvalue weighted by atomic mass is 16.5. The first-order chi connectivity index (χ1) is 17.1. The summed E-state index contributed by atoms with van der Waals surface area (Å²) in [4.78, 5) is 2.35. The molecule has 0 fully saturated rings. The van der Waals surface area contributed by atoms with E-state index in [1.54, 1.807) is 12.1 Å². The van der Waals surface area contributed by atoms with E-state index < -0.39 is 6.10 Å². The molecule has 0 heterocycles. The second-order valence-electron chi connectivity index (χ2n) is 9.30. The second-order valence-corrected chi connectivity index (χ2v) is 9.30. The van der Waals surface area contributed by atoms with E-state index in [0.717, 1.165) is 42.7 Å². The van der Waals surface area contributed by atoms with E-state index in [4.69, 9.17) is 4.74 Å². The predicted octanol–water partition coefficient (Wildman–Crippen LogP) is 6.01. The van der Waals surface area contributed by atoms with Gasteiger partial charge in [-0.05, 0) is 60.2 Å². The first-order valence-electron chi connectivity index (χ1n) is 12.4. The number of ether oxygens (including phenoxy) is 1. The molecule has 0 saturated heterocycles. The van der Waals surface area contributed by atoms with E-state index >= 15 is 0 Å². The molecular weight excluding hydrogens is 434 g/mol. The Hall–Kier alpha value is -3.34. The number of aliphatic hydroxyl groups is 1. The van der Waals surface area contributed by atoms with Crippen LogP contribution in [0.25, 0.3) is 0 Å². The summed E-state index contributed by atoms with van der Waals surface area (Å²) in [5.74, 6) is 1.24. The standard InChI is InChI=1S/C31H35NO3/c1-24(20-25-12-16-29(33)17-13-25)32(21-26-8-4-2-5-9-26)22-31(34)28-14-18-30(19-15-28)35-23-27-10-6-3-7-11-27/h2-14,16-18,24,31,33-34H,15,19-23H2,1H3/t24-,31-/m1/s1. The van der Waals surface area contributed by atoms with Crippen molar-refractivity contribution in [2.24, 2.45) is 0 Å². The average molecular weight is 470 g/mol. The fourth-order valence-corrected chi connectivity index (χ4v) is 4.44. The molecule has 0 unspecified atom stereocenters. The van der Waals surface area contributed by atoms with Crippen molar-refractivity contribution >= 4 is 0 Å². The molecular formula is C31H35NO3. The smallest absolute Gasteiger partial charge is 0.115 e. The lowest BCUT2D eigenvalue weighted by molar-refractivity contribution is 0.103. The minimum absolute atomic E-state index is 0.221. The summed E-state index contributed by atoms with van der Waals surface area (Å²) in [7, 11) is 0. The maximum Gasteiger partial charge on any atom is 0.115 e. The van der Waals surface area contributed by atoms with E-state index in [-0.39, 0.29) is 11.8 Å². The molecule has 0 saturated carbocycles. The van der Waals surface area contributed by atoms with Gasteiger partial charge in [-0.15, -0.1) is 0 Å². The molecule has 2 atom stereocenters. The number of hydrogen-bond acceptors (Lipinski definition) is 4. The maximum absolute atomic E-state index is 11.2. The van der Waals surface area contributed by atoms with Crippen molar-refractivity contribution in [2.75, 3.05) is 6.54 Å². The lowest BCUT2D eigenvalue weighted by Crippen LogP contribution is -2.40. The van der Waals surface area contributed by atoms with Crippen LogP contribution in [0.15, 0.2) is 108 Å². The van der Waals surface area contributed by atoms with Gasteiger partial charge >= 0.3 is 0 Å². The van der Waals surface area contributed by atoms with Gasteiger partial charge in [-0.1, -0.05) is 78.9 Å². The SMILES string of the molecule is C[C@H](Cc1ccc(O)cc1)N(Cc1ccccc1)C[C@@H](O)C1=CC=C(OCc2ccccc2)CC1. The number of aromatic hydroxyl groups is 1. The van der Waals surface area contributed by atoms with E-state index in [1.807, 2.05) is 48.6 Å². The van der Waals surface area contributed by atoms with Crippen molar-refractivity contribution in [3.8, 4) is 5.75 Å². The molecule has 1 aliphatic carbocycles. The Labute approximate surface area is 208 Å². The van der Waals surface area contributed by atoms with Gasteiger partial charge in [0, 0.05) is 25.6 Å². The largest absolute Gasteiger partial charge is 0.508 e. The summed E-state index contributed by atoms with van der Waals surface area (Å²) in [5.41, 5.74) is 4.60. The molecule has 0 bridgehead atoms. The average Bonchev–Trinajstić information content (AvgIpc) is 2.90. The Morgan fingerprint density at radius 2 is 1.46 bits per heavy atom. The number of nitrogens with zero attached hydrogens (tertiary/aromatic N) is 1. The number of aliphatic hydroxyl groups excluding tert-OH is 1. The normalized spacial score (nSPS) is 15.3. The number of benzene rings is 3. The number of phenols is 1. The first kappa shape index (κ1) is 24.8. The van der Waals surface area contributed by atoms with Gasteiger partial charge in [0.25, 0.3) is 0 Å². The molecule has 4 rings (SSSR count). The second kappa shape index (κ2) is 12.4. The van der Waals surface area contributed by atoms with Crippen molar-refractivity contribution < 1.29 is 14.9 Å². The fourth-order valence-electron chi connectivity index (χ4n) is 4.44. The fraction of sp³-hybridized carbons (Fsp3) is 0.290. The van der Waals surface area contributed by atoms with Gasteiger partial charge < -0.3 is 14.9 Å². The van der Waals surface area contributed by atoms with Gasteiger partial charge in [-0.3, -0.25) is 4.90 Å². The van der Waals surface area contributed by atoms with Gasteiger partial charge in [0.2, 0.25) is 0 Å². The topological polar surface area (TPSA) is 52.9 Å². The van der Waals surface area contributed by atoms with Gasteiger partial charge in [-0.25, -0.2) is 0 Å². The van der Waals surface area contributed by atoms with E-state index in [1.165, 1.54) is 11.1 Å². The Balaban J connectivity index is 1.40. The molecule has 1 aliphatic rings. The predicted molar refractivity (Wildman–Crippen MR) is 141 cm³/mol. The number of phenolic OH excluding ortho intramolecular Hbond substituents is 1. The monoisotopic (exact) mass is 469 g/mol. The summed E-state index contributed by atoms with van der Waals surface area (Å²) >= 11 is 0. The molecule has 0 aromatic heterocycles. The molecule has 0 amide bonds. The Kier molecular flexibility index (Phi) is 8.77. The minimum atomic E-state index is -0.534. The molecule has 3 aromatic rings. The van der Waals surface area contributed by atoms with Crippen molar-refractivity contribution in [3.05, 3.63) is 125 Å². The molecule has 4 heteroatoms. The highest BCUT2D eigenvalue weighted by Gasteiger charge is 2.22. The van der Waals surface area contributed by atoms with Crippen LogP contribution < -0.4 is 0 Å². The van der Waals surface area contributed by atoms with Crippen LogP contribution in [0.4, 0.5) is 0 Å². The molecule has 0 spiro atoms. The van der Waals surface area contributed by atoms with Crippen LogP contribution in [-0.2, 0) is 24.3 Å². The van der Waals surface area contributed by atoms with Gasteiger partial charge in [0.15, 0.2) is 0 Å². The lowest BCUT2D eigenvalue weighted by Gasteiger charge is -2.32. The zero-order valence-corrected chi connectivity index (χ0v) is 20.4. The molecule has 35 heavy (non-hydrogen) atoms. The van der Waals surface area contributed by atoms with Gasteiger partial charge in [0.1, 0.15) is 12.4 Å². The van der Waals surface area contributed by atoms with Crippen molar-refractivity contribution in [1.29, 1.82) is 0 Å². The van der Waals surface area contributed by atoms with Crippen molar-refractivity contribution in [3.63, 3.8) is 0 Å². The summed E-state index contributed by atoms with van der Waals surface area (Å²) in [6.07, 6.45) is 5.95. The minimum Gasteiger partial charge on any atom is -0.508 e. The Morgan fingerprint density at radius 1 is 0.800 bits per heavy atom. The molecule has 182 valence electrons. The summed E-state index contributed by atoms with van der Waals surface area (Å²) < 4.78 is 5.98. The summed E-state index contributed by atoms with van der Waals surface area (Å²) in [6, 6.07) is 28.2. The summed E-state index contributed by atoms with van der Waals surface area (Å²) in [5, 5.41) is 20.8. The first-order valence-corrected chi connectivity index (χ1v) is 12.4. The van der Waals surface area contributed by atoms with Crippen LogP contribution in [0.1, 0.15) is 36.5 Å². The van der Waals surface area contributed by atoms with Gasteiger partial charge in [-0.2, -0.15) is 0 Å². The maximum atomic E-state index is 11.2. The molecule has 0 aliphatic heterocycles. The van der Waals surface area contributed by atoms with Gasteiger partial charge in [0.05, 0.1) is 11.9 Å². The van der Waals surface area contributed by atoms with Crippen LogP contribution in [-0.4, -0.2) is 33.8 Å². The van der Waals surface area contributed by atoms with E-state index in [0.29, 0.717) is 13.2 Å². The lowest BCUT2D eigenvalue weighted by atomic mass is 9.97. The number of rotatable bonds is 11. The Morgan fingerprint density at radius 3 is 2.09 bits per heavy atom. The van der Waals surface area contributed by atoms with Crippen LogP contribution in [0.5, 0.6) is 5.75 Å². The highest BCUT2D eigenvalue weighted by molar-refractivity contribution is 5.27. The third-order valence-electron chi connectivity index (χ3n) is 6.57.